The summed E-state index contributed by atoms with van der Waals surface area (Å²) in [4.78, 5) is 36.6. The van der Waals surface area contributed by atoms with E-state index in [0.29, 0.717) is 12.5 Å². The summed E-state index contributed by atoms with van der Waals surface area (Å²) in [5.41, 5.74) is 4.63. The molecule has 3 amide bonds. The molecule has 1 aliphatic carbocycles. The molecule has 0 spiro atoms. The van der Waals surface area contributed by atoms with Gasteiger partial charge in [-0.15, -0.1) is 11.3 Å². The molecule has 2 N–H and O–H groups in total. The maximum atomic E-state index is 11.7. The molecule has 0 radical (unpaired) electrons. The van der Waals surface area contributed by atoms with Crippen LogP contribution in [0, 0.1) is 6.92 Å². The highest BCUT2D eigenvalue weighted by Gasteiger charge is 2.28. The van der Waals surface area contributed by atoms with Crippen molar-refractivity contribution in [1.29, 1.82) is 0 Å². The highest BCUT2D eigenvalue weighted by atomic mass is 32.1. The molecular formula is C21H21N5O2S. The minimum atomic E-state index is -0.344. The molecule has 0 bridgehead atoms. The molecule has 148 valence electrons. The van der Waals surface area contributed by atoms with Crippen LogP contribution in [0.25, 0.3) is 21.5 Å². The Labute approximate surface area is 172 Å². The van der Waals surface area contributed by atoms with Crippen LogP contribution in [0.1, 0.15) is 22.4 Å². The maximum absolute atomic E-state index is 11.7. The lowest BCUT2D eigenvalue weighted by atomic mass is 10.0. The Morgan fingerprint density at radius 1 is 1.17 bits per heavy atom. The van der Waals surface area contributed by atoms with Crippen molar-refractivity contribution in [2.75, 3.05) is 25.0 Å². The summed E-state index contributed by atoms with van der Waals surface area (Å²) >= 11 is 1.75. The number of aromatic nitrogens is 2. The van der Waals surface area contributed by atoms with Crippen LogP contribution in [0.4, 0.5) is 10.7 Å². The maximum Gasteiger partial charge on any atom is 0.324 e. The Morgan fingerprint density at radius 2 is 2.00 bits per heavy atom. The molecule has 29 heavy (non-hydrogen) atoms. The lowest BCUT2D eigenvalue weighted by Crippen LogP contribution is -2.35. The predicted molar refractivity (Wildman–Crippen MR) is 113 cm³/mol. The van der Waals surface area contributed by atoms with E-state index >= 15 is 0 Å². The summed E-state index contributed by atoms with van der Waals surface area (Å²) in [6, 6.07) is 8.06. The normalized spacial score (nSPS) is 15.8. The fourth-order valence-corrected chi connectivity index (χ4v) is 5.22. The second-order valence-electron chi connectivity index (χ2n) is 7.43. The lowest BCUT2D eigenvalue weighted by molar-refractivity contribution is -0.124. The van der Waals surface area contributed by atoms with E-state index in [2.05, 4.69) is 41.8 Å². The summed E-state index contributed by atoms with van der Waals surface area (Å²) in [6.07, 6.45) is 3.38. The Bertz CT molecular complexity index is 1110. The van der Waals surface area contributed by atoms with Crippen molar-refractivity contribution in [1.82, 2.24) is 20.2 Å². The molecule has 1 fully saturated rings. The van der Waals surface area contributed by atoms with Crippen LogP contribution in [0.2, 0.25) is 0 Å². The minimum absolute atomic E-state index is 0.0691. The van der Waals surface area contributed by atoms with Gasteiger partial charge in [-0.3, -0.25) is 9.69 Å². The zero-order valence-corrected chi connectivity index (χ0v) is 16.9. The van der Waals surface area contributed by atoms with Gasteiger partial charge < -0.3 is 10.6 Å². The monoisotopic (exact) mass is 407 g/mol. The summed E-state index contributed by atoms with van der Waals surface area (Å²) in [7, 11) is 0. The number of amides is 3. The van der Waals surface area contributed by atoms with Gasteiger partial charge >= 0.3 is 6.03 Å². The van der Waals surface area contributed by atoms with Gasteiger partial charge in [-0.1, -0.05) is 29.8 Å². The molecule has 5 rings (SSSR count). The molecule has 7 nitrogen and oxygen atoms in total. The average Bonchev–Trinajstić information content (AvgIpc) is 3.38. The van der Waals surface area contributed by atoms with Crippen molar-refractivity contribution in [3.05, 3.63) is 40.3 Å². The number of benzene rings is 1. The second kappa shape index (κ2) is 7.11. The van der Waals surface area contributed by atoms with Gasteiger partial charge in [0.15, 0.2) is 0 Å². The van der Waals surface area contributed by atoms with Crippen LogP contribution >= 0.6 is 11.3 Å². The predicted octanol–water partition coefficient (Wildman–Crippen LogP) is 3.12. The van der Waals surface area contributed by atoms with Gasteiger partial charge in [0, 0.05) is 28.9 Å². The first-order valence-corrected chi connectivity index (χ1v) is 10.6. The van der Waals surface area contributed by atoms with E-state index in [1.165, 1.54) is 32.7 Å². The quantitative estimate of drug-likeness (QED) is 0.635. The largest absolute Gasteiger partial charge is 0.352 e. The number of aryl methyl sites for hydroxylation is 3. The minimum Gasteiger partial charge on any atom is -0.352 e. The van der Waals surface area contributed by atoms with Crippen LogP contribution in [0.15, 0.2) is 24.3 Å². The van der Waals surface area contributed by atoms with Crippen LogP contribution in [-0.2, 0) is 17.6 Å². The lowest BCUT2D eigenvalue weighted by Gasteiger charge is -2.13. The number of nitrogens with zero attached hydrogens (tertiary/aromatic N) is 3. The molecule has 8 heteroatoms. The van der Waals surface area contributed by atoms with Crippen molar-refractivity contribution in [3.63, 3.8) is 0 Å². The van der Waals surface area contributed by atoms with Gasteiger partial charge in [-0.25, -0.2) is 14.8 Å². The molecular weight excluding hydrogens is 386 g/mol. The zero-order chi connectivity index (χ0) is 20.0. The third-order valence-corrected chi connectivity index (χ3v) is 6.63. The highest BCUT2D eigenvalue weighted by Crippen LogP contribution is 2.41. The summed E-state index contributed by atoms with van der Waals surface area (Å²) in [6.45, 7) is 2.83. The van der Waals surface area contributed by atoms with Crippen LogP contribution in [0.3, 0.4) is 0 Å². The van der Waals surface area contributed by atoms with Crippen molar-refractivity contribution < 1.29 is 9.59 Å². The Kier molecular flexibility index (Phi) is 4.43. The average molecular weight is 407 g/mol. The number of thiophene rings is 1. The molecule has 2 aliphatic rings. The van der Waals surface area contributed by atoms with Crippen molar-refractivity contribution in [2.45, 2.75) is 26.2 Å². The number of rotatable bonds is 5. The molecule has 1 aliphatic heterocycles. The molecule has 0 atom stereocenters. The van der Waals surface area contributed by atoms with Gasteiger partial charge in [0.2, 0.25) is 11.9 Å². The molecule has 3 heterocycles. The van der Waals surface area contributed by atoms with Crippen LogP contribution < -0.4 is 10.6 Å². The van der Waals surface area contributed by atoms with Crippen molar-refractivity contribution >= 4 is 39.4 Å². The van der Waals surface area contributed by atoms with E-state index in [1.807, 2.05) is 0 Å². The Hall–Kier alpha value is -3.00. The third-order valence-electron chi connectivity index (χ3n) is 5.45. The standard InChI is InChI=1S/C21H21N5O2S/c1-12-5-7-13(8-6-12)18-17-14-3-2-4-15(14)29-19(17)25-20(24-18)22-9-10-26-16(27)11-23-21(26)28/h5-8H,2-4,9-11H2,1H3,(H,23,28)(H,22,24,25). The van der Waals surface area contributed by atoms with E-state index in [-0.39, 0.29) is 25.0 Å². The molecule has 3 aromatic rings. The second-order valence-corrected chi connectivity index (χ2v) is 8.51. The van der Waals surface area contributed by atoms with Crippen molar-refractivity contribution in [3.8, 4) is 11.3 Å². The third kappa shape index (κ3) is 3.23. The zero-order valence-electron chi connectivity index (χ0n) is 16.1. The van der Waals surface area contributed by atoms with Gasteiger partial charge in [-0.05, 0) is 31.7 Å². The summed E-state index contributed by atoms with van der Waals surface area (Å²) in [5, 5.41) is 6.90. The first-order chi connectivity index (χ1) is 14.1. The number of imide groups is 1. The van der Waals surface area contributed by atoms with Gasteiger partial charge in [-0.2, -0.15) is 0 Å². The first kappa shape index (κ1) is 18.1. The number of carbonyl (C=O) groups excluding carboxylic acids is 2. The van der Waals surface area contributed by atoms with E-state index in [4.69, 9.17) is 9.97 Å². The summed E-state index contributed by atoms with van der Waals surface area (Å²) < 4.78 is 0. The number of carbonyl (C=O) groups is 2. The molecule has 0 saturated carbocycles. The highest BCUT2D eigenvalue weighted by molar-refractivity contribution is 7.19. The number of anilines is 1. The van der Waals surface area contributed by atoms with Crippen molar-refractivity contribution in [2.24, 2.45) is 0 Å². The SMILES string of the molecule is Cc1ccc(-c2nc(NCCN3C(=O)CNC3=O)nc3sc4c(c23)CCC4)cc1. The number of hydrogen-bond acceptors (Lipinski definition) is 6. The molecule has 1 aromatic carbocycles. The number of hydrogen-bond donors (Lipinski definition) is 2. The molecule has 0 unspecified atom stereocenters. The van der Waals surface area contributed by atoms with E-state index in [0.717, 1.165) is 28.9 Å². The van der Waals surface area contributed by atoms with Crippen LogP contribution in [0.5, 0.6) is 0 Å². The topological polar surface area (TPSA) is 87.2 Å². The van der Waals surface area contributed by atoms with Gasteiger partial charge in [0.05, 0.1) is 12.2 Å². The number of nitrogens with one attached hydrogen (secondary N) is 2. The smallest absolute Gasteiger partial charge is 0.324 e. The van der Waals surface area contributed by atoms with E-state index in [1.54, 1.807) is 11.3 Å². The Morgan fingerprint density at radius 3 is 2.76 bits per heavy atom. The molecule has 2 aromatic heterocycles. The summed E-state index contributed by atoms with van der Waals surface area (Å²) in [5.74, 6) is 0.322. The Balaban J connectivity index is 1.48. The molecule has 1 saturated heterocycles. The van der Waals surface area contributed by atoms with Gasteiger partial charge in [0.25, 0.3) is 0 Å². The van der Waals surface area contributed by atoms with E-state index < -0.39 is 0 Å². The fraction of sp³-hybridized carbons (Fsp3) is 0.333. The first-order valence-electron chi connectivity index (χ1n) is 9.81. The number of urea groups is 1. The fourth-order valence-electron chi connectivity index (χ4n) is 3.96. The number of fused-ring (bicyclic) bond motifs is 3. The van der Waals surface area contributed by atoms with Crippen LogP contribution in [-0.4, -0.2) is 46.4 Å². The van der Waals surface area contributed by atoms with E-state index in [9.17, 15) is 9.59 Å². The van der Waals surface area contributed by atoms with Gasteiger partial charge in [0.1, 0.15) is 4.83 Å².